The van der Waals surface area contributed by atoms with Crippen molar-refractivity contribution in [3.63, 3.8) is 0 Å². The maximum Gasteiger partial charge on any atom is 0.319 e. The van der Waals surface area contributed by atoms with Crippen LogP contribution < -0.4 is 15.8 Å². The van der Waals surface area contributed by atoms with Gasteiger partial charge >= 0.3 is 6.03 Å². The van der Waals surface area contributed by atoms with Crippen molar-refractivity contribution in [3.05, 3.63) is 52.2 Å². The summed E-state index contributed by atoms with van der Waals surface area (Å²) in [4.78, 5) is 13.1. The van der Waals surface area contributed by atoms with Crippen LogP contribution in [0, 0.1) is 5.92 Å². The van der Waals surface area contributed by atoms with Gasteiger partial charge in [0.05, 0.1) is 5.75 Å². The highest BCUT2D eigenvalue weighted by molar-refractivity contribution is 7.88. The molecule has 136 valence electrons. The van der Waals surface area contributed by atoms with Crippen molar-refractivity contribution in [2.45, 2.75) is 12.2 Å². The lowest BCUT2D eigenvalue weighted by molar-refractivity contribution is 0.218. The average molecular weight is 383 g/mol. The molecule has 0 radical (unpaired) electrons. The third-order valence-corrected chi connectivity index (χ3v) is 5.07. The molecule has 9 heteroatoms. The van der Waals surface area contributed by atoms with Crippen molar-refractivity contribution in [2.75, 3.05) is 18.5 Å². The van der Waals surface area contributed by atoms with Crippen molar-refractivity contribution in [1.29, 1.82) is 0 Å². The van der Waals surface area contributed by atoms with Crippen LogP contribution in [0.5, 0.6) is 0 Å². The van der Waals surface area contributed by atoms with Crippen molar-refractivity contribution < 1.29 is 18.3 Å². The molecule has 0 spiro atoms. The number of sulfonamides is 1. The third-order valence-electron chi connectivity index (χ3n) is 3.43. The number of benzene rings is 1. The quantitative estimate of drug-likeness (QED) is 0.552. The highest BCUT2D eigenvalue weighted by atomic mass is 32.2. The zero-order valence-electron chi connectivity index (χ0n) is 13.5. The van der Waals surface area contributed by atoms with E-state index in [1.165, 1.54) is 0 Å². The highest BCUT2D eigenvalue weighted by Crippen LogP contribution is 2.15. The van der Waals surface area contributed by atoms with Gasteiger partial charge in [0, 0.05) is 29.6 Å². The van der Waals surface area contributed by atoms with Crippen LogP contribution in [0.15, 0.2) is 41.8 Å². The van der Waals surface area contributed by atoms with Crippen molar-refractivity contribution in [2.24, 2.45) is 11.1 Å². The lowest BCUT2D eigenvalue weighted by atomic mass is 10.1. The SMILES string of the molecule is NS(=O)(=O)Cc1cccc(NC(=O)NCC(CO)Cc2cccs2)c1. The van der Waals surface area contributed by atoms with Gasteiger partial charge in [0.25, 0.3) is 0 Å². The van der Waals surface area contributed by atoms with Gasteiger partial charge < -0.3 is 15.7 Å². The van der Waals surface area contributed by atoms with E-state index in [0.29, 0.717) is 24.2 Å². The molecule has 2 amide bonds. The summed E-state index contributed by atoms with van der Waals surface area (Å²) in [6.07, 6.45) is 0.693. The highest BCUT2D eigenvalue weighted by Gasteiger charge is 2.12. The number of aliphatic hydroxyl groups is 1. The summed E-state index contributed by atoms with van der Waals surface area (Å²) >= 11 is 1.61. The maximum atomic E-state index is 12.0. The number of nitrogens with one attached hydrogen (secondary N) is 2. The first-order valence-corrected chi connectivity index (χ1v) is 10.2. The fraction of sp³-hybridized carbons (Fsp3) is 0.312. The molecule has 1 heterocycles. The summed E-state index contributed by atoms with van der Waals surface area (Å²) in [5.41, 5.74) is 0.962. The number of nitrogens with two attached hydrogens (primary N) is 1. The first kappa shape index (κ1) is 19.4. The predicted molar refractivity (Wildman–Crippen MR) is 98.9 cm³/mol. The second-order valence-corrected chi connectivity index (χ2v) is 8.32. The van der Waals surface area contributed by atoms with Crippen molar-refractivity contribution in [3.8, 4) is 0 Å². The molecular weight excluding hydrogens is 362 g/mol. The Balaban J connectivity index is 1.86. The van der Waals surface area contributed by atoms with Gasteiger partial charge in [-0.25, -0.2) is 18.4 Å². The summed E-state index contributed by atoms with van der Waals surface area (Å²) in [7, 11) is -3.63. The van der Waals surface area contributed by atoms with Gasteiger partial charge in [0.1, 0.15) is 0 Å². The molecule has 0 bridgehead atoms. The Kier molecular flexibility index (Phi) is 6.94. The standard InChI is InChI=1S/C16H21N3O4S2/c17-25(22,23)11-12-3-1-4-14(7-12)19-16(21)18-9-13(10-20)8-15-5-2-6-24-15/h1-7,13,20H,8-11H2,(H2,17,22,23)(H2,18,19,21). The summed E-state index contributed by atoms with van der Waals surface area (Å²) in [5, 5.41) is 21.8. The molecule has 0 saturated heterocycles. The number of carbonyl (C=O) groups excluding carboxylic acids is 1. The second kappa shape index (κ2) is 8.95. The van der Waals surface area contributed by atoms with E-state index in [2.05, 4.69) is 10.6 Å². The molecule has 5 N–H and O–H groups in total. The van der Waals surface area contributed by atoms with E-state index < -0.39 is 16.1 Å². The minimum absolute atomic E-state index is 0.0258. The first-order valence-electron chi connectivity index (χ1n) is 7.63. The normalized spacial score (nSPS) is 12.6. The number of urea groups is 1. The number of amides is 2. The number of rotatable bonds is 8. The van der Waals surface area contributed by atoms with Crippen LogP contribution in [0.4, 0.5) is 10.5 Å². The molecule has 1 unspecified atom stereocenters. The Morgan fingerprint density at radius 1 is 1.28 bits per heavy atom. The largest absolute Gasteiger partial charge is 0.396 e. The Morgan fingerprint density at radius 2 is 2.08 bits per heavy atom. The summed E-state index contributed by atoms with van der Waals surface area (Å²) in [5.74, 6) is -0.365. The van der Waals surface area contributed by atoms with Crippen LogP contribution in [0.25, 0.3) is 0 Å². The van der Waals surface area contributed by atoms with Gasteiger partial charge in [-0.05, 0) is 35.6 Å². The van der Waals surface area contributed by atoms with Crippen molar-refractivity contribution in [1.82, 2.24) is 5.32 Å². The average Bonchev–Trinajstić information content (AvgIpc) is 3.03. The number of carbonyl (C=O) groups is 1. The molecule has 0 fully saturated rings. The molecule has 0 aliphatic carbocycles. The Hall–Kier alpha value is -1.94. The fourth-order valence-electron chi connectivity index (χ4n) is 2.30. The fourth-order valence-corrected chi connectivity index (χ4v) is 3.76. The molecule has 7 nitrogen and oxygen atoms in total. The van der Waals surface area contributed by atoms with Crippen molar-refractivity contribution >= 4 is 33.1 Å². The lowest BCUT2D eigenvalue weighted by Crippen LogP contribution is -2.34. The number of aliphatic hydroxyl groups excluding tert-OH is 1. The number of thiophene rings is 1. The van der Waals surface area contributed by atoms with Gasteiger partial charge in [-0.3, -0.25) is 0 Å². The van der Waals surface area contributed by atoms with E-state index in [4.69, 9.17) is 5.14 Å². The number of anilines is 1. The van der Waals surface area contributed by atoms with E-state index in [-0.39, 0.29) is 18.3 Å². The molecule has 1 aromatic heterocycles. The minimum atomic E-state index is -3.63. The zero-order valence-corrected chi connectivity index (χ0v) is 15.1. The summed E-state index contributed by atoms with van der Waals surface area (Å²) in [6.45, 7) is 0.305. The zero-order chi connectivity index (χ0) is 18.3. The van der Waals surface area contributed by atoms with Crippen LogP contribution in [0.1, 0.15) is 10.4 Å². The van der Waals surface area contributed by atoms with Crippen LogP contribution in [-0.2, 0) is 22.2 Å². The smallest absolute Gasteiger partial charge is 0.319 e. The third kappa shape index (κ3) is 7.22. The summed E-state index contributed by atoms with van der Waals surface area (Å²) in [6, 6.07) is 9.99. The molecule has 0 aliphatic rings. The summed E-state index contributed by atoms with van der Waals surface area (Å²) < 4.78 is 22.3. The molecule has 25 heavy (non-hydrogen) atoms. The van der Waals surface area contributed by atoms with Crippen LogP contribution in [0.2, 0.25) is 0 Å². The van der Waals surface area contributed by atoms with Gasteiger partial charge in [-0.1, -0.05) is 18.2 Å². The van der Waals surface area contributed by atoms with E-state index in [1.807, 2.05) is 17.5 Å². The van der Waals surface area contributed by atoms with E-state index in [0.717, 1.165) is 4.88 Å². The minimum Gasteiger partial charge on any atom is -0.396 e. The van der Waals surface area contributed by atoms with E-state index >= 15 is 0 Å². The molecule has 1 atom stereocenters. The first-order chi connectivity index (χ1) is 11.9. The Labute approximate surface area is 150 Å². The van der Waals surface area contributed by atoms with Crippen LogP contribution >= 0.6 is 11.3 Å². The molecule has 2 aromatic rings. The topological polar surface area (TPSA) is 122 Å². The van der Waals surface area contributed by atoms with E-state index in [9.17, 15) is 18.3 Å². The molecule has 0 saturated carbocycles. The number of hydrogen-bond donors (Lipinski definition) is 4. The second-order valence-electron chi connectivity index (χ2n) is 5.67. The number of primary sulfonamides is 1. The monoisotopic (exact) mass is 383 g/mol. The van der Waals surface area contributed by atoms with Gasteiger partial charge in [0.2, 0.25) is 10.0 Å². The van der Waals surface area contributed by atoms with Crippen LogP contribution in [0.3, 0.4) is 0 Å². The van der Waals surface area contributed by atoms with Gasteiger partial charge in [-0.2, -0.15) is 0 Å². The Bertz CT molecular complexity index is 791. The molecular formula is C16H21N3O4S2. The predicted octanol–water partition coefficient (Wildman–Crippen LogP) is 1.51. The van der Waals surface area contributed by atoms with Crippen LogP contribution in [-0.4, -0.2) is 32.7 Å². The number of hydrogen-bond acceptors (Lipinski definition) is 5. The van der Waals surface area contributed by atoms with E-state index in [1.54, 1.807) is 35.6 Å². The molecule has 1 aromatic carbocycles. The van der Waals surface area contributed by atoms with Gasteiger partial charge in [0.15, 0.2) is 0 Å². The maximum absolute atomic E-state index is 12.0. The lowest BCUT2D eigenvalue weighted by Gasteiger charge is -2.15. The Morgan fingerprint density at radius 3 is 2.72 bits per heavy atom. The molecule has 0 aliphatic heterocycles. The molecule has 2 rings (SSSR count). The van der Waals surface area contributed by atoms with Gasteiger partial charge in [-0.15, -0.1) is 11.3 Å².